The van der Waals surface area contributed by atoms with Gasteiger partial charge in [0.25, 0.3) is 0 Å². The van der Waals surface area contributed by atoms with Crippen molar-refractivity contribution in [1.29, 1.82) is 0 Å². The summed E-state index contributed by atoms with van der Waals surface area (Å²) in [5, 5.41) is 9.67. The summed E-state index contributed by atoms with van der Waals surface area (Å²) in [5.41, 5.74) is 3.04. The van der Waals surface area contributed by atoms with Gasteiger partial charge in [-0.05, 0) is 49.2 Å². The molecule has 1 saturated heterocycles. The molecule has 1 aliphatic heterocycles. The maximum atomic E-state index is 9.67. The lowest BCUT2D eigenvalue weighted by Gasteiger charge is -2.30. The number of phenols is 1. The first-order chi connectivity index (χ1) is 7.54. The predicted molar refractivity (Wildman–Crippen MR) is 64.9 cm³/mol. The second-order valence-electron chi connectivity index (χ2n) is 5.65. The minimum absolute atomic E-state index is 0.238. The zero-order valence-corrected chi connectivity index (χ0v) is 10.2. The van der Waals surface area contributed by atoms with Gasteiger partial charge < -0.3 is 10.0 Å². The van der Waals surface area contributed by atoms with Crippen molar-refractivity contribution in [3.05, 3.63) is 29.3 Å². The number of nitrogens with zero attached hydrogens (tertiary/aromatic N) is 1. The summed E-state index contributed by atoms with van der Waals surface area (Å²) in [7, 11) is 2.22. The fourth-order valence-electron chi connectivity index (χ4n) is 4.02. The Kier molecular flexibility index (Phi) is 1.91. The van der Waals surface area contributed by atoms with E-state index < -0.39 is 0 Å². The number of rotatable bonds is 0. The molecular weight excluding hydrogens is 198 g/mol. The molecule has 1 heterocycles. The minimum Gasteiger partial charge on any atom is -0.508 e. The van der Waals surface area contributed by atoms with Gasteiger partial charge in [0.05, 0.1) is 0 Å². The Balaban J connectivity index is 2.20. The molecule has 0 amide bonds. The highest BCUT2D eigenvalue weighted by atomic mass is 16.3. The molecule has 0 bridgehead atoms. The van der Waals surface area contributed by atoms with Crippen LogP contribution in [0.25, 0.3) is 0 Å². The molecule has 2 aliphatic rings. The standard InChI is InChI=1S/C14H19NO/c1-9-11-5-4-10(16)8-12(11)14(2)6-7-15(3)13(9)14/h4-5,8-9,13,16H,6-7H2,1-3H3/t9?,13-,14+/m0/s1. The van der Waals surface area contributed by atoms with Crippen molar-refractivity contribution < 1.29 is 5.11 Å². The number of fused-ring (bicyclic) bond motifs is 3. The number of likely N-dealkylation sites (tertiary alicyclic amines) is 1. The Morgan fingerprint density at radius 1 is 1.44 bits per heavy atom. The molecule has 3 rings (SSSR count). The van der Waals surface area contributed by atoms with E-state index in [0.717, 1.165) is 0 Å². The van der Waals surface area contributed by atoms with Crippen molar-refractivity contribution in [2.24, 2.45) is 0 Å². The first kappa shape index (κ1) is 10.2. The highest BCUT2D eigenvalue weighted by Gasteiger charge is 2.52. The van der Waals surface area contributed by atoms with Gasteiger partial charge in [0, 0.05) is 11.5 Å². The third-order valence-electron chi connectivity index (χ3n) is 4.73. The lowest BCUT2D eigenvalue weighted by atomic mass is 9.80. The normalized spacial score (nSPS) is 37.4. The van der Waals surface area contributed by atoms with Crippen LogP contribution in [0.1, 0.15) is 37.3 Å². The van der Waals surface area contributed by atoms with Gasteiger partial charge in [0.15, 0.2) is 0 Å². The van der Waals surface area contributed by atoms with E-state index in [1.54, 1.807) is 0 Å². The van der Waals surface area contributed by atoms with Crippen LogP contribution in [-0.4, -0.2) is 29.6 Å². The molecule has 2 nitrogen and oxygen atoms in total. The first-order valence-corrected chi connectivity index (χ1v) is 6.07. The molecule has 3 atom stereocenters. The van der Waals surface area contributed by atoms with Gasteiger partial charge >= 0.3 is 0 Å². The van der Waals surface area contributed by atoms with Crippen molar-refractivity contribution in [3.63, 3.8) is 0 Å². The van der Waals surface area contributed by atoms with Crippen LogP contribution in [0.3, 0.4) is 0 Å². The van der Waals surface area contributed by atoms with E-state index >= 15 is 0 Å². The summed E-state index contributed by atoms with van der Waals surface area (Å²) in [4.78, 5) is 2.47. The van der Waals surface area contributed by atoms with Crippen LogP contribution in [-0.2, 0) is 5.41 Å². The SMILES string of the molecule is CC1c2ccc(O)cc2[C@@]2(C)CCN(C)[C@@H]12. The van der Waals surface area contributed by atoms with E-state index in [1.807, 2.05) is 12.1 Å². The fourth-order valence-corrected chi connectivity index (χ4v) is 4.02. The Labute approximate surface area is 96.9 Å². The molecule has 2 heteroatoms. The van der Waals surface area contributed by atoms with Crippen LogP contribution >= 0.6 is 0 Å². The van der Waals surface area contributed by atoms with Crippen LogP contribution in [0, 0.1) is 0 Å². The smallest absolute Gasteiger partial charge is 0.115 e. The third kappa shape index (κ3) is 1.06. The van der Waals surface area contributed by atoms with E-state index in [9.17, 15) is 5.11 Å². The van der Waals surface area contributed by atoms with Gasteiger partial charge in [0.1, 0.15) is 5.75 Å². The van der Waals surface area contributed by atoms with Crippen molar-refractivity contribution in [2.75, 3.05) is 13.6 Å². The first-order valence-electron chi connectivity index (χ1n) is 6.07. The number of hydrogen-bond donors (Lipinski definition) is 1. The fraction of sp³-hybridized carbons (Fsp3) is 0.571. The van der Waals surface area contributed by atoms with E-state index in [4.69, 9.17) is 0 Å². The highest BCUT2D eigenvalue weighted by Crippen LogP contribution is 2.53. The molecule has 0 spiro atoms. The topological polar surface area (TPSA) is 23.5 Å². The maximum absolute atomic E-state index is 9.67. The Hall–Kier alpha value is -1.02. The number of hydrogen-bond acceptors (Lipinski definition) is 2. The van der Waals surface area contributed by atoms with Crippen molar-refractivity contribution in [3.8, 4) is 5.75 Å². The van der Waals surface area contributed by atoms with Crippen molar-refractivity contribution in [2.45, 2.75) is 37.6 Å². The van der Waals surface area contributed by atoms with Gasteiger partial charge in [0.2, 0.25) is 0 Å². The van der Waals surface area contributed by atoms with E-state index in [-0.39, 0.29) is 5.41 Å². The molecule has 1 aromatic rings. The monoisotopic (exact) mass is 217 g/mol. The second-order valence-corrected chi connectivity index (χ2v) is 5.65. The second kappa shape index (κ2) is 3.01. The van der Waals surface area contributed by atoms with Gasteiger partial charge in [-0.3, -0.25) is 0 Å². The van der Waals surface area contributed by atoms with Gasteiger partial charge in [-0.25, -0.2) is 0 Å². The van der Waals surface area contributed by atoms with E-state index in [1.165, 1.54) is 24.1 Å². The molecule has 1 aliphatic carbocycles. The molecule has 16 heavy (non-hydrogen) atoms. The summed E-state index contributed by atoms with van der Waals surface area (Å²) in [6.07, 6.45) is 1.20. The van der Waals surface area contributed by atoms with Crippen molar-refractivity contribution >= 4 is 0 Å². The quantitative estimate of drug-likeness (QED) is 0.721. The minimum atomic E-state index is 0.238. The molecule has 1 fully saturated rings. The number of benzene rings is 1. The van der Waals surface area contributed by atoms with Gasteiger partial charge in [-0.2, -0.15) is 0 Å². The molecule has 1 aromatic carbocycles. The summed E-state index contributed by atoms with van der Waals surface area (Å²) in [6, 6.07) is 6.50. The van der Waals surface area contributed by atoms with Crippen LogP contribution in [0.2, 0.25) is 0 Å². The zero-order chi connectivity index (χ0) is 11.5. The summed E-state index contributed by atoms with van der Waals surface area (Å²) < 4.78 is 0. The molecule has 1 N–H and O–H groups in total. The lowest BCUT2D eigenvalue weighted by Crippen LogP contribution is -2.37. The zero-order valence-electron chi connectivity index (χ0n) is 10.2. The number of aromatic hydroxyl groups is 1. The van der Waals surface area contributed by atoms with Crippen LogP contribution in [0.5, 0.6) is 5.75 Å². The van der Waals surface area contributed by atoms with Crippen LogP contribution < -0.4 is 0 Å². The number of likely N-dealkylation sites (N-methyl/N-ethyl adjacent to an activating group) is 1. The summed E-state index contributed by atoms with van der Waals surface area (Å²) >= 11 is 0. The molecular formula is C14H19NO. The summed E-state index contributed by atoms with van der Waals surface area (Å²) in [5.74, 6) is 0.982. The largest absolute Gasteiger partial charge is 0.508 e. The average molecular weight is 217 g/mol. The lowest BCUT2D eigenvalue weighted by molar-refractivity contribution is 0.244. The average Bonchev–Trinajstić information content (AvgIpc) is 2.65. The van der Waals surface area contributed by atoms with Gasteiger partial charge in [-0.15, -0.1) is 0 Å². The van der Waals surface area contributed by atoms with Crippen LogP contribution in [0.4, 0.5) is 0 Å². The Morgan fingerprint density at radius 2 is 2.19 bits per heavy atom. The van der Waals surface area contributed by atoms with Crippen LogP contribution in [0.15, 0.2) is 18.2 Å². The highest BCUT2D eigenvalue weighted by molar-refractivity contribution is 5.49. The van der Waals surface area contributed by atoms with E-state index in [2.05, 4.69) is 31.9 Å². The summed E-state index contributed by atoms with van der Waals surface area (Å²) in [6.45, 7) is 5.83. The Bertz CT molecular complexity index is 442. The van der Waals surface area contributed by atoms with Crippen molar-refractivity contribution in [1.82, 2.24) is 4.90 Å². The molecule has 0 aromatic heterocycles. The van der Waals surface area contributed by atoms with E-state index in [0.29, 0.717) is 17.7 Å². The number of phenolic OH excluding ortho intramolecular Hbond substituents is 1. The predicted octanol–water partition coefficient (Wildman–Crippen LogP) is 2.47. The molecule has 0 radical (unpaired) electrons. The third-order valence-corrected chi connectivity index (χ3v) is 4.73. The molecule has 86 valence electrons. The van der Waals surface area contributed by atoms with Gasteiger partial charge in [-0.1, -0.05) is 19.9 Å². The maximum Gasteiger partial charge on any atom is 0.115 e. The Morgan fingerprint density at radius 3 is 2.94 bits per heavy atom. The molecule has 1 unspecified atom stereocenters. The molecule has 0 saturated carbocycles.